The zero-order chi connectivity index (χ0) is 19.2. The molecule has 0 spiro atoms. The molecule has 7 heteroatoms. The molecule has 0 aliphatic rings. The SMILES string of the molecule is N[C@H](Cc1ccc([N+](=O)[O-])cc1)C(=O)Nc1ccc(-c2ccncc2)cc1. The summed E-state index contributed by atoms with van der Waals surface area (Å²) in [4.78, 5) is 26.5. The Bertz CT molecular complexity index is 926. The first kappa shape index (κ1) is 18.2. The second kappa shape index (κ2) is 8.20. The highest BCUT2D eigenvalue weighted by molar-refractivity contribution is 5.95. The van der Waals surface area contributed by atoms with Gasteiger partial charge in [0.15, 0.2) is 0 Å². The van der Waals surface area contributed by atoms with Crippen LogP contribution in [0.5, 0.6) is 0 Å². The van der Waals surface area contributed by atoms with Gasteiger partial charge in [-0.15, -0.1) is 0 Å². The second-order valence-corrected chi connectivity index (χ2v) is 6.04. The number of rotatable bonds is 6. The van der Waals surface area contributed by atoms with Gasteiger partial charge in [0.25, 0.3) is 5.69 Å². The minimum Gasteiger partial charge on any atom is -0.325 e. The fourth-order valence-corrected chi connectivity index (χ4v) is 2.63. The second-order valence-electron chi connectivity index (χ2n) is 6.04. The molecule has 3 rings (SSSR count). The van der Waals surface area contributed by atoms with Gasteiger partial charge in [-0.2, -0.15) is 0 Å². The molecule has 0 radical (unpaired) electrons. The Labute approximate surface area is 156 Å². The molecule has 2 aromatic carbocycles. The molecule has 27 heavy (non-hydrogen) atoms. The largest absolute Gasteiger partial charge is 0.325 e. The predicted octanol–water partition coefficient (Wildman–Crippen LogP) is 3.17. The van der Waals surface area contributed by atoms with Crippen LogP contribution in [-0.4, -0.2) is 21.9 Å². The fourth-order valence-electron chi connectivity index (χ4n) is 2.63. The van der Waals surface area contributed by atoms with Crippen LogP contribution in [0.1, 0.15) is 5.56 Å². The zero-order valence-corrected chi connectivity index (χ0v) is 14.4. The average Bonchev–Trinajstić information content (AvgIpc) is 2.69. The van der Waals surface area contributed by atoms with E-state index in [1.54, 1.807) is 24.5 Å². The number of nitrogens with two attached hydrogens (primary N) is 1. The van der Waals surface area contributed by atoms with Crippen molar-refractivity contribution in [2.75, 3.05) is 5.32 Å². The number of non-ortho nitro benzene ring substituents is 1. The van der Waals surface area contributed by atoms with E-state index in [4.69, 9.17) is 5.73 Å². The number of anilines is 1. The molecule has 0 aliphatic heterocycles. The smallest absolute Gasteiger partial charge is 0.269 e. The summed E-state index contributed by atoms with van der Waals surface area (Å²) in [5, 5.41) is 13.5. The molecule has 7 nitrogen and oxygen atoms in total. The maximum atomic E-state index is 12.3. The highest BCUT2D eigenvalue weighted by atomic mass is 16.6. The third-order valence-electron chi connectivity index (χ3n) is 4.11. The Morgan fingerprint density at radius 2 is 1.59 bits per heavy atom. The number of nitrogens with zero attached hydrogens (tertiary/aromatic N) is 2. The molecular weight excluding hydrogens is 344 g/mol. The number of carbonyl (C=O) groups is 1. The summed E-state index contributed by atoms with van der Waals surface area (Å²) in [6.45, 7) is 0. The molecule has 1 amide bonds. The number of hydrogen-bond donors (Lipinski definition) is 2. The van der Waals surface area contributed by atoms with Crippen LogP contribution in [0.2, 0.25) is 0 Å². The van der Waals surface area contributed by atoms with E-state index in [1.165, 1.54) is 12.1 Å². The molecule has 0 bridgehead atoms. The molecule has 0 saturated carbocycles. The van der Waals surface area contributed by atoms with Crippen molar-refractivity contribution < 1.29 is 9.72 Å². The van der Waals surface area contributed by atoms with Crippen molar-refractivity contribution in [1.82, 2.24) is 4.98 Å². The van der Waals surface area contributed by atoms with E-state index in [0.29, 0.717) is 12.1 Å². The lowest BCUT2D eigenvalue weighted by Gasteiger charge is -2.13. The number of nitro benzene ring substituents is 1. The molecule has 1 aromatic heterocycles. The van der Waals surface area contributed by atoms with Crippen molar-refractivity contribution in [3.63, 3.8) is 0 Å². The number of amides is 1. The maximum absolute atomic E-state index is 12.3. The Morgan fingerprint density at radius 3 is 2.19 bits per heavy atom. The summed E-state index contributed by atoms with van der Waals surface area (Å²) in [5.41, 5.74) is 9.44. The van der Waals surface area contributed by atoms with Gasteiger partial charge >= 0.3 is 0 Å². The topological polar surface area (TPSA) is 111 Å². The number of pyridine rings is 1. The third kappa shape index (κ3) is 4.74. The number of benzene rings is 2. The number of nitro groups is 1. The van der Waals surface area contributed by atoms with Gasteiger partial charge in [-0.05, 0) is 47.4 Å². The van der Waals surface area contributed by atoms with Crippen molar-refractivity contribution in [3.05, 3.63) is 88.7 Å². The van der Waals surface area contributed by atoms with Crippen LogP contribution in [0, 0.1) is 10.1 Å². The van der Waals surface area contributed by atoms with Crippen molar-refractivity contribution >= 4 is 17.3 Å². The standard InChI is InChI=1S/C20H18N4O3/c21-19(13-14-1-7-18(8-2-14)24(26)27)20(25)23-17-5-3-15(4-6-17)16-9-11-22-12-10-16/h1-12,19H,13,21H2,(H,23,25)/t19-/m1/s1. The van der Waals surface area contributed by atoms with E-state index in [1.807, 2.05) is 36.4 Å². The fraction of sp³-hybridized carbons (Fsp3) is 0.100. The van der Waals surface area contributed by atoms with Gasteiger partial charge in [0.05, 0.1) is 11.0 Å². The summed E-state index contributed by atoms with van der Waals surface area (Å²) in [7, 11) is 0. The van der Waals surface area contributed by atoms with E-state index < -0.39 is 11.0 Å². The molecule has 3 N–H and O–H groups in total. The number of carbonyl (C=O) groups excluding carboxylic acids is 1. The first-order chi connectivity index (χ1) is 13.0. The maximum Gasteiger partial charge on any atom is 0.269 e. The summed E-state index contributed by atoms with van der Waals surface area (Å²) in [5.74, 6) is -0.315. The normalized spacial score (nSPS) is 11.6. The van der Waals surface area contributed by atoms with Crippen molar-refractivity contribution in [1.29, 1.82) is 0 Å². The monoisotopic (exact) mass is 362 g/mol. The van der Waals surface area contributed by atoms with Crippen LogP contribution in [0.3, 0.4) is 0 Å². The van der Waals surface area contributed by atoms with E-state index >= 15 is 0 Å². The van der Waals surface area contributed by atoms with Crippen LogP contribution >= 0.6 is 0 Å². The summed E-state index contributed by atoms with van der Waals surface area (Å²) < 4.78 is 0. The highest BCUT2D eigenvalue weighted by Crippen LogP contribution is 2.20. The number of aromatic nitrogens is 1. The Morgan fingerprint density at radius 1 is 1.00 bits per heavy atom. The molecule has 0 unspecified atom stereocenters. The minimum atomic E-state index is -0.758. The summed E-state index contributed by atoms with van der Waals surface area (Å²) in [6.07, 6.45) is 3.74. The quantitative estimate of drug-likeness (QED) is 0.517. The van der Waals surface area contributed by atoms with E-state index in [9.17, 15) is 14.9 Å². The van der Waals surface area contributed by atoms with Crippen LogP contribution in [0.15, 0.2) is 73.1 Å². The van der Waals surface area contributed by atoms with E-state index in [0.717, 1.165) is 16.7 Å². The van der Waals surface area contributed by atoms with Gasteiger partial charge in [-0.1, -0.05) is 24.3 Å². The third-order valence-corrected chi connectivity index (χ3v) is 4.11. The van der Waals surface area contributed by atoms with Gasteiger partial charge in [-0.3, -0.25) is 19.9 Å². The molecule has 3 aromatic rings. The highest BCUT2D eigenvalue weighted by Gasteiger charge is 2.15. The molecule has 0 aliphatic carbocycles. The Hall–Kier alpha value is -3.58. The number of hydrogen-bond acceptors (Lipinski definition) is 5. The van der Waals surface area contributed by atoms with Crippen LogP contribution < -0.4 is 11.1 Å². The van der Waals surface area contributed by atoms with Gasteiger partial charge in [0.1, 0.15) is 0 Å². The van der Waals surface area contributed by atoms with Crippen molar-refractivity contribution in [2.45, 2.75) is 12.5 Å². The van der Waals surface area contributed by atoms with E-state index in [2.05, 4.69) is 10.3 Å². The lowest BCUT2D eigenvalue weighted by atomic mass is 10.0. The minimum absolute atomic E-state index is 0.00561. The molecule has 1 heterocycles. The average molecular weight is 362 g/mol. The molecule has 1 atom stereocenters. The summed E-state index contributed by atoms with van der Waals surface area (Å²) in [6, 6.07) is 16.5. The first-order valence-corrected chi connectivity index (χ1v) is 8.33. The van der Waals surface area contributed by atoms with Gasteiger partial charge < -0.3 is 11.1 Å². The Balaban J connectivity index is 1.60. The molecule has 136 valence electrons. The number of nitrogens with one attached hydrogen (secondary N) is 1. The molecular formula is C20H18N4O3. The van der Waals surface area contributed by atoms with Crippen LogP contribution in [0.25, 0.3) is 11.1 Å². The predicted molar refractivity (Wildman–Crippen MR) is 103 cm³/mol. The lowest BCUT2D eigenvalue weighted by Crippen LogP contribution is -2.37. The van der Waals surface area contributed by atoms with Gasteiger partial charge in [0, 0.05) is 30.2 Å². The molecule has 0 fully saturated rings. The van der Waals surface area contributed by atoms with E-state index in [-0.39, 0.29) is 11.6 Å². The van der Waals surface area contributed by atoms with Crippen LogP contribution in [0.4, 0.5) is 11.4 Å². The lowest BCUT2D eigenvalue weighted by molar-refractivity contribution is -0.384. The van der Waals surface area contributed by atoms with Gasteiger partial charge in [-0.25, -0.2) is 0 Å². The zero-order valence-electron chi connectivity index (χ0n) is 14.4. The van der Waals surface area contributed by atoms with Crippen molar-refractivity contribution in [3.8, 4) is 11.1 Å². The first-order valence-electron chi connectivity index (χ1n) is 8.33. The van der Waals surface area contributed by atoms with Crippen molar-refractivity contribution in [2.24, 2.45) is 5.73 Å². The van der Waals surface area contributed by atoms with Crippen LogP contribution in [-0.2, 0) is 11.2 Å². The Kier molecular flexibility index (Phi) is 5.53. The molecule has 0 saturated heterocycles. The van der Waals surface area contributed by atoms with Gasteiger partial charge in [0.2, 0.25) is 5.91 Å². The summed E-state index contributed by atoms with van der Waals surface area (Å²) >= 11 is 0.